The molecule has 0 heterocycles. The number of terminal acetylenes is 2. The molecule has 0 amide bonds. The highest BCUT2D eigenvalue weighted by molar-refractivity contribution is 5.43. The van der Waals surface area contributed by atoms with Crippen LogP contribution in [0.5, 0.6) is 0 Å². The molecule has 0 unspecified atom stereocenters. The molecule has 0 aliphatic heterocycles. The van der Waals surface area contributed by atoms with Gasteiger partial charge in [-0.15, -0.1) is 12.8 Å². The van der Waals surface area contributed by atoms with Gasteiger partial charge in [-0.3, -0.25) is 0 Å². The first kappa shape index (κ1) is 21.0. The van der Waals surface area contributed by atoms with Crippen LogP contribution in [0.1, 0.15) is 22.3 Å². The van der Waals surface area contributed by atoms with Gasteiger partial charge in [-0.2, -0.15) is 26.3 Å². The van der Waals surface area contributed by atoms with Gasteiger partial charge in [-0.05, 0) is 24.3 Å². The molecule has 0 spiro atoms. The van der Waals surface area contributed by atoms with Crippen LogP contribution in [0.15, 0.2) is 36.4 Å². The van der Waals surface area contributed by atoms with Crippen LogP contribution in [0, 0.1) is 36.3 Å². The second-order valence-electron chi connectivity index (χ2n) is 4.61. The highest BCUT2D eigenvalue weighted by Gasteiger charge is 2.37. The van der Waals surface area contributed by atoms with Crippen molar-refractivity contribution in [3.05, 3.63) is 70.3 Å². The zero-order valence-corrected chi connectivity index (χ0v) is 12.6. The van der Waals surface area contributed by atoms with Gasteiger partial charge in [0.1, 0.15) is 22.8 Å². The maximum Gasteiger partial charge on any atom is 0.420 e. The second-order valence-corrected chi connectivity index (χ2v) is 4.61. The average molecular weight is 376 g/mol. The minimum atomic E-state index is -4.74. The van der Waals surface area contributed by atoms with E-state index in [1.165, 1.54) is 0 Å². The standard InChI is InChI=1S/2C9H4F4/c2*1-2-6-4-3-5-7(10)8(6)9(11,12)13/h2*1,3-5H. The third-order valence-electron chi connectivity index (χ3n) is 2.91. The average Bonchev–Trinajstić information content (AvgIpc) is 2.52. The first-order valence-corrected chi connectivity index (χ1v) is 6.58. The van der Waals surface area contributed by atoms with E-state index in [2.05, 4.69) is 0 Å². The Morgan fingerprint density at radius 2 is 0.923 bits per heavy atom. The van der Waals surface area contributed by atoms with E-state index in [0.29, 0.717) is 0 Å². The molecule has 0 nitrogen and oxygen atoms in total. The summed E-state index contributed by atoms with van der Waals surface area (Å²) in [6, 6.07) is 5.82. The van der Waals surface area contributed by atoms with Crippen molar-refractivity contribution < 1.29 is 35.1 Å². The summed E-state index contributed by atoms with van der Waals surface area (Å²) in [6.07, 6.45) is 0.113. The Labute approximate surface area is 143 Å². The maximum atomic E-state index is 12.7. The number of halogens is 8. The number of rotatable bonds is 0. The second kappa shape index (κ2) is 7.92. The molecule has 0 aliphatic carbocycles. The van der Waals surface area contributed by atoms with E-state index in [0.717, 1.165) is 36.4 Å². The fourth-order valence-corrected chi connectivity index (χ4v) is 1.87. The molecule has 0 N–H and O–H groups in total. The predicted octanol–water partition coefficient (Wildman–Crippen LogP) is 5.65. The van der Waals surface area contributed by atoms with Crippen LogP contribution >= 0.6 is 0 Å². The first-order chi connectivity index (χ1) is 11.9. The van der Waals surface area contributed by atoms with Gasteiger partial charge in [0.05, 0.1) is 0 Å². The first-order valence-electron chi connectivity index (χ1n) is 6.58. The summed E-state index contributed by atoms with van der Waals surface area (Å²) in [7, 11) is 0. The highest BCUT2D eigenvalue weighted by Crippen LogP contribution is 2.34. The maximum absolute atomic E-state index is 12.7. The van der Waals surface area contributed by atoms with Crippen molar-refractivity contribution in [2.24, 2.45) is 0 Å². The minimum Gasteiger partial charge on any atom is -0.206 e. The summed E-state index contributed by atoms with van der Waals surface area (Å²) in [4.78, 5) is 0. The van der Waals surface area contributed by atoms with Gasteiger partial charge in [0.2, 0.25) is 0 Å². The van der Waals surface area contributed by atoms with E-state index in [-0.39, 0.29) is 0 Å². The van der Waals surface area contributed by atoms with E-state index in [1.807, 2.05) is 0 Å². The molecule has 0 saturated carbocycles. The van der Waals surface area contributed by atoms with Crippen molar-refractivity contribution in [1.82, 2.24) is 0 Å². The summed E-state index contributed by atoms with van der Waals surface area (Å²) in [5.74, 6) is 0.877. The van der Waals surface area contributed by atoms with E-state index in [1.54, 1.807) is 11.8 Å². The highest BCUT2D eigenvalue weighted by atomic mass is 19.4. The van der Waals surface area contributed by atoms with Crippen LogP contribution in [0.4, 0.5) is 35.1 Å². The molecule has 0 atom stereocenters. The van der Waals surface area contributed by atoms with E-state index < -0.39 is 46.2 Å². The fourth-order valence-electron chi connectivity index (χ4n) is 1.87. The molecule has 0 fully saturated rings. The third-order valence-corrected chi connectivity index (χ3v) is 2.91. The third kappa shape index (κ3) is 5.00. The Morgan fingerprint density at radius 1 is 0.615 bits per heavy atom. The molecular weight excluding hydrogens is 368 g/mol. The number of alkyl halides is 6. The van der Waals surface area contributed by atoms with Gasteiger partial charge in [0.15, 0.2) is 0 Å². The van der Waals surface area contributed by atoms with Crippen LogP contribution in [0.2, 0.25) is 0 Å². The smallest absolute Gasteiger partial charge is 0.206 e. The molecule has 26 heavy (non-hydrogen) atoms. The molecule has 136 valence electrons. The fraction of sp³-hybridized carbons (Fsp3) is 0.111. The van der Waals surface area contributed by atoms with Crippen LogP contribution in [0.3, 0.4) is 0 Å². The number of hydrogen-bond acceptors (Lipinski definition) is 0. The summed E-state index contributed by atoms with van der Waals surface area (Å²) in [5.41, 5.74) is -3.71. The van der Waals surface area contributed by atoms with Gasteiger partial charge >= 0.3 is 12.4 Å². The Hall–Kier alpha value is -3.00. The molecule has 0 aliphatic rings. The Bertz CT molecular complexity index is 787. The Kier molecular flexibility index (Phi) is 6.41. The van der Waals surface area contributed by atoms with Gasteiger partial charge in [0.25, 0.3) is 0 Å². The van der Waals surface area contributed by atoms with Crippen molar-refractivity contribution in [2.45, 2.75) is 12.4 Å². The lowest BCUT2D eigenvalue weighted by molar-refractivity contribution is -0.141. The zero-order valence-electron chi connectivity index (χ0n) is 12.6. The summed E-state index contributed by atoms with van der Waals surface area (Å²) < 4.78 is 98.4. The summed E-state index contributed by atoms with van der Waals surface area (Å²) >= 11 is 0. The van der Waals surface area contributed by atoms with E-state index >= 15 is 0 Å². The van der Waals surface area contributed by atoms with Crippen LogP contribution in [-0.4, -0.2) is 0 Å². The lowest BCUT2D eigenvalue weighted by Crippen LogP contribution is -2.10. The van der Waals surface area contributed by atoms with Crippen molar-refractivity contribution in [3.63, 3.8) is 0 Å². The van der Waals surface area contributed by atoms with Gasteiger partial charge in [0, 0.05) is 11.1 Å². The lowest BCUT2D eigenvalue weighted by atomic mass is 10.1. The van der Waals surface area contributed by atoms with Crippen molar-refractivity contribution in [3.8, 4) is 24.7 Å². The Morgan fingerprint density at radius 3 is 1.12 bits per heavy atom. The van der Waals surface area contributed by atoms with Gasteiger partial charge in [-0.1, -0.05) is 24.0 Å². The molecule has 8 heteroatoms. The normalized spacial score (nSPS) is 11.0. The molecule has 2 aromatic rings. The van der Waals surface area contributed by atoms with Crippen molar-refractivity contribution >= 4 is 0 Å². The summed E-state index contributed by atoms with van der Waals surface area (Å²) in [5, 5.41) is 0. The molecule has 0 aromatic heterocycles. The zero-order chi connectivity index (χ0) is 20.1. The number of hydrogen-bond donors (Lipinski definition) is 0. The largest absolute Gasteiger partial charge is 0.420 e. The predicted molar refractivity (Wildman–Crippen MR) is 78.7 cm³/mol. The van der Waals surface area contributed by atoms with E-state index in [4.69, 9.17) is 12.8 Å². The lowest BCUT2D eigenvalue weighted by Gasteiger charge is -2.09. The summed E-state index contributed by atoms with van der Waals surface area (Å²) in [6.45, 7) is 0. The van der Waals surface area contributed by atoms with Crippen LogP contribution in [0.25, 0.3) is 0 Å². The number of benzene rings is 2. The van der Waals surface area contributed by atoms with Crippen LogP contribution in [-0.2, 0) is 12.4 Å². The SMILES string of the molecule is C#Cc1cccc(F)c1C(F)(F)F.C#Cc1cccc(F)c1C(F)(F)F. The van der Waals surface area contributed by atoms with Crippen LogP contribution < -0.4 is 0 Å². The van der Waals surface area contributed by atoms with Crippen molar-refractivity contribution in [2.75, 3.05) is 0 Å². The van der Waals surface area contributed by atoms with Crippen molar-refractivity contribution in [1.29, 1.82) is 0 Å². The monoisotopic (exact) mass is 376 g/mol. The molecule has 2 rings (SSSR count). The molecule has 0 saturated heterocycles. The van der Waals surface area contributed by atoms with Gasteiger partial charge in [-0.25, -0.2) is 8.78 Å². The quantitative estimate of drug-likeness (QED) is 0.412. The molecule has 0 radical (unpaired) electrons. The topological polar surface area (TPSA) is 0 Å². The molecule has 0 bridgehead atoms. The Balaban J connectivity index is 0.000000260. The molecular formula is C18H8F8. The van der Waals surface area contributed by atoms with E-state index in [9.17, 15) is 35.1 Å². The molecule has 2 aromatic carbocycles. The van der Waals surface area contributed by atoms with Gasteiger partial charge < -0.3 is 0 Å². The minimum absolute atomic E-state index is 0.479.